The van der Waals surface area contributed by atoms with E-state index >= 15 is 0 Å². The van der Waals surface area contributed by atoms with Gasteiger partial charge in [-0.05, 0) is 38.2 Å². The molecule has 0 bridgehead atoms. The summed E-state index contributed by atoms with van der Waals surface area (Å²) < 4.78 is 0. The van der Waals surface area contributed by atoms with E-state index in [-0.39, 0.29) is 24.5 Å². The van der Waals surface area contributed by atoms with Crippen molar-refractivity contribution in [3.8, 4) is 0 Å². The van der Waals surface area contributed by atoms with Gasteiger partial charge in [0.05, 0.1) is 0 Å². The van der Waals surface area contributed by atoms with Crippen molar-refractivity contribution in [2.75, 3.05) is 43.4 Å². The molecule has 5 nitrogen and oxygen atoms in total. The zero-order valence-electron chi connectivity index (χ0n) is 16.1. The van der Waals surface area contributed by atoms with Gasteiger partial charge in [0.2, 0.25) is 5.91 Å². The summed E-state index contributed by atoms with van der Waals surface area (Å²) in [4.78, 5) is 29.0. The number of hydrogen-bond donors (Lipinski definition) is 1. The van der Waals surface area contributed by atoms with Crippen LogP contribution in [0.4, 0.5) is 11.4 Å². The number of aryl methyl sites for hydroxylation is 1. The minimum absolute atomic E-state index is 0.00411. The van der Waals surface area contributed by atoms with Gasteiger partial charge in [-0.15, -0.1) is 0 Å². The highest BCUT2D eigenvalue weighted by Crippen LogP contribution is 2.19. The predicted octanol–water partition coefficient (Wildman–Crippen LogP) is 3.35. The Balaban J connectivity index is 1.47. The van der Waals surface area contributed by atoms with E-state index in [4.69, 9.17) is 0 Å². The Hall–Kier alpha value is -2.66. The Labute approximate surface area is 161 Å². The van der Waals surface area contributed by atoms with E-state index < -0.39 is 0 Å². The molecule has 1 heterocycles. The van der Waals surface area contributed by atoms with Crippen LogP contribution in [0.2, 0.25) is 0 Å². The lowest BCUT2D eigenvalue weighted by atomic mass is 10.0. The Morgan fingerprint density at radius 3 is 2.15 bits per heavy atom. The maximum absolute atomic E-state index is 12.2. The van der Waals surface area contributed by atoms with E-state index in [0.29, 0.717) is 5.56 Å². The summed E-state index contributed by atoms with van der Waals surface area (Å²) in [6.45, 7) is 6.14. The minimum Gasteiger partial charge on any atom is -0.369 e. The number of ketones is 1. The van der Waals surface area contributed by atoms with E-state index in [9.17, 15) is 9.59 Å². The minimum atomic E-state index is -0.136. The summed E-state index contributed by atoms with van der Waals surface area (Å²) in [6, 6.07) is 15.4. The lowest BCUT2D eigenvalue weighted by Gasteiger charge is -2.34. The van der Waals surface area contributed by atoms with Gasteiger partial charge in [0.25, 0.3) is 0 Å². The normalized spacial score (nSPS) is 14.8. The standard InChI is InChI=1S/C22H27N3O2/c1-17-3-5-18(6-4-17)21(26)11-12-22(27)23-19-7-9-20(10-8-19)25-15-13-24(2)14-16-25/h3-10H,11-16H2,1-2H3,(H,23,27). The fraction of sp³-hybridized carbons (Fsp3) is 0.364. The number of carbonyl (C=O) groups excluding carboxylic acids is 2. The molecule has 1 aliphatic rings. The second-order valence-corrected chi connectivity index (χ2v) is 7.17. The second kappa shape index (κ2) is 8.82. The first-order valence-electron chi connectivity index (χ1n) is 9.44. The largest absolute Gasteiger partial charge is 0.369 e. The number of hydrogen-bond acceptors (Lipinski definition) is 4. The van der Waals surface area contributed by atoms with Gasteiger partial charge in [0.15, 0.2) is 5.78 Å². The highest BCUT2D eigenvalue weighted by Gasteiger charge is 2.14. The van der Waals surface area contributed by atoms with Crippen molar-refractivity contribution in [1.29, 1.82) is 0 Å². The van der Waals surface area contributed by atoms with E-state index in [0.717, 1.165) is 37.4 Å². The average Bonchev–Trinajstić information content (AvgIpc) is 2.68. The topological polar surface area (TPSA) is 52.7 Å². The van der Waals surface area contributed by atoms with E-state index in [2.05, 4.69) is 22.2 Å². The molecule has 0 spiro atoms. The summed E-state index contributed by atoms with van der Waals surface area (Å²) in [7, 11) is 2.14. The first kappa shape index (κ1) is 19.1. The lowest BCUT2D eigenvalue weighted by molar-refractivity contribution is -0.116. The molecule has 1 fully saturated rings. The molecular formula is C22H27N3O2. The molecule has 1 amide bonds. The van der Waals surface area contributed by atoms with Crippen molar-refractivity contribution in [3.63, 3.8) is 0 Å². The zero-order valence-corrected chi connectivity index (χ0v) is 16.1. The van der Waals surface area contributed by atoms with Crippen molar-refractivity contribution < 1.29 is 9.59 Å². The summed E-state index contributed by atoms with van der Waals surface area (Å²) in [6.07, 6.45) is 0.404. The van der Waals surface area contributed by atoms with Crippen LogP contribution in [0.1, 0.15) is 28.8 Å². The Morgan fingerprint density at radius 2 is 1.52 bits per heavy atom. The Bertz CT molecular complexity index is 776. The number of carbonyl (C=O) groups is 2. The van der Waals surface area contributed by atoms with Crippen molar-refractivity contribution in [1.82, 2.24) is 4.90 Å². The number of nitrogens with one attached hydrogen (secondary N) is 1. The molecule has 5 heteroatoms. The number of piperazine rings is 1. The molecule has 27 heavy (non-hydrogen) atoms. The second-order valence-electron chi connectivity index (χ2n) is 7.17. The SMILES string of the molecule is Cc1ccc(C(=O)CCC(=O)Nc2ccc(N3CCN(C)CC3)cc2)cc1. The molecule has 2 aromatic carbocycles. The molecule has 0 saturated carbocycles. The molecule has 142 valence electrons. The quantitative estimate of drug-likeness (QED) is 0.798. The van der Waals surface area contributed by atoms with Crippen LogP contribution in [0.3, 0.4) is 0 Å². The van der Waals surface area contributed by atoms with Crippen molar-refractivity contribution >= 4 is 23.1 Å². The van der Waals surface area contributed by atoms with Crippen LogP contribution >= 0.6 is 0 Å². The maximum atomic E-state index is 12.2. The number of Topliss-reactive ketones (excluding diaryl/α,β-unsaturated/α-hetero) is 1. The zero-order chi connectivity index (χ0) is 19.2. The average molecular weight is 365 g/mol. The van der Waals surface area contributed by atoms with Gasteiger partial charge in [-0.3, -0.25) is 9.59 Å². The van der Waals surface area contributed by atoms with Gasteiger partial charge < -0.3 is 15.1 Å². The van der Waals surface area contributed by atoms with Crippen LogP contribution in [-0.2, 0) is 4.79 Å². The summed E-state index contributed by atoms with van der Waals surface area (Å²) in [5.41, 5.74) is 3.71. The maximum Gasteiger partial charge on any atom is 0.224 e. The Kier molecular flexibility index (Phi) is 6.24. The van der Waals surface area contributed by atoms with Crippen molar-refractivity contribution in [2.45, 2.75) is 19.8 Å². The van der Waals surface area contributed by atoms with Crippen LogP contribution in [0, 0.1) is 6.92 Å². The van der Waals surface area contributed by atoms with Gasteiger partial charge in [0, 0.05) is 56.0 Å². The third-order valence-electron chi connectivity index (χ3n) is 4.97. The van der Waals surface area contributed by atoms with Crippen molar-refractivity contribution in [3.05, 3.63) is 59.7 Å². The molecule has 2 aromatic rings. The van der Waals surface area contributed by atoms with E-state index in [1.54, 1.807) is 0 Å². The molecule has 0 aliphatic carbocycles. The molecule has 0 unspecified atom stereocenters. The fourth-order valence-corrected chi connectivity index (χ4v) is 3.15. The smallest absolute Gasteiger partial charge is 0.224 e. The van der Waals surface area contributed by atoms with Crippen LogP contribution in [0.5, 0.6) is 0 Å². The van der Waals surface area contributed by atoms with Gasteiger partial charge in [-0.2, -0.15) is 0 Å². The number of benzene rings is 2. The predicted molar refractivity (Wildman–Crippen MR) is 110 cm³/mol. The highest BCUT2D eigenvalue weighted by atomic mass is 16.2. The first-order valence-corrected chi connectivity index (χ1v) is 9.44. The number of nitrogens with zero attached hydrogens (tertiary/aromatic N) is 2. The summed E-state index contributed by atoms with van der Waals surface area (Å²) >= 11 is 0. The van der Waals surface area contributed by atoms with Gasteiger partial charge in [0.1, 0.15) is 0 Å². The van der Waals surface area contributed by atoms with Gasteiger partial charge in [-0.1, -0.05) is 29.8 Å². The highest BCUT2D eigenvalue weighted by molar-refractivity contribution is 6.00. The summed E-state index contributed by atoms with van der Waals surface area (Å²) in [5.74, 6) is -0.140. The molecule has 1 saturated heterocycles. The van der Waals surface area contributed by atoms with Crippen LogP contribution in [-0.4, -0.2) is 49.8 Å². The molecule has 0 aromatic heterocycles. The monoisotopic (exact) mass is 365 g/mol. The van der Waals surface area contributed by atoms with E-state index in [1.807, 2.05) is 55.5 Å². The fourth-order valence-electron chi connectivity index (χ4n) is 3.15. The molecule has 3 rings (SSSR count). The van der Waals surface area contributed by atoms with Crippen LogP contribution in [0.25, 0.3) is 0 Å². The number of likely N-dealkylation sites (N-methyl/N-ethyl adjacent to an activating group) is 1. The molecule has 1 aliphatic heterocycles. The third-order valence-corrected chi connectivity index (χ3v) is 4.97. The van der Waals surface area contributed by atoms with Crippen LogP contribution < -0.4 is 10.2 Å². The lowest BCUT2D eigenvalue weighted by Crippen LogP contribution is -2.44. The van der Waals surface area contributed by atoms with Gasteiger partial charge in [-0.25, -0.2) is 0 Å². The number of anilines is 2. The first-order chi connectivity index (χ1) is 13.0. The summed E-state index contributed by atoms with van der Waals surface area (Å²) in [5, 5.41) is 2.88. The number of amides is 1. The van der Waals surface area contributed by atoms with E-state index in [1.165, 1.54) is 5.69 Å². The Morgan fingerprint density at radius 1 is 0.889 bits per heavy atom. The molecule has 0 radical (unpaired) electrons. The molecule has 1 N–H and O–H groups in total. The third kappa shape index (κ3) is 5.41. The van der Waals surface area contributed by atoms with Gasteiger partial charge >= 0.3 is 0 Å². The van der Waals surface area contributed by atoms with Crippen molar-refractivity contribution in [2.24, 2.45) is 0 Å². The van der Waals surface area contributed by atoms with Crippen LogP contribution in [0.15, 0.2) is 48.5 Å². The number of rotatable bonds is 6. The molecule has 0 atom stereocenters. The molecular weight excluding hydrogens is 338 g/mol.